The lowest BCUT2D eigenvalue weighted by molar-refractivity contribution is -0.121. The Bertz CT molecular complexity index is 684. The Morgan fingerprint density at radius 2 is 2.20 bits per heavy atom. The van der Waals surface area contributed by atoms with E-state index in [1.807, 2.05) is 0 Å². The van der Waals surface area contributed by atoms with Gasteiger partial charge in [0.15, 0.2) is 0 Å². The largest absolute Gasteiger partial charge is 0.396 e. The third-order valence-electron chi connectivity index (χ3n) is 3.11. The van der Waals surface area contributed by atoms with Crippen LogP contribution in [0.25, 0.3) is 10.3 Å². The van der Waals surface area contributed by atoms with Gasteiger partial charge >= 0.3 is 0 Å². The molecule has 0 unspecified atom stereocenters. The lowest BCUT2D eigenvalue weighted by Gasteiger charge is -2.18. The normalized spacial score (nSPS) is 16.0. The molecule has 0 radical (unpaired) electrons. The summed E-state index contributed by atoms with van der Waals surface area (Å²) in [4.78, 5) is 34.9. The molecule has 1 aliphatic heterocycles. The molecule has 2 aromatic heterocycles. The van der Waals surface area contributed by atoms with Crippen molar-refractivity contribution in [1.82, 2.24) is 20.2 Å². The second-order valence-electron chi connectivity index (χ2n) is 4.49. The monoisotopic (exact) mass is 291 g/mol. The van der Waals surface area contributed by atoms with E-state index in [1.54, 1.807) is 12.4 Å². The number of aromatic nitrogens is 2. The number of nitrogen functional groups attached to an aromatic ring is 1. The molecular formula is C12H13N5O2S. The van der Waals surface area contributed by atoms with Gasteiger partial charge in [0.05, 0.1) is 12.2 Å². The van der Waals surface area contributed by atoms with Crippen LogP contribution in [0.4, 0.5) is 5.69 Å². The molecule has 2 aromatic rings. The molecule has 0 spiro atoms. The van der Waals surface area contributed by atoms with Gasteiger partial charge in [-0.25, -0.2) is 9.97 Å². The van der Waals surface area contributed by atoms with Crippen molar-refractivity contribution < 1.29 is 9.59 Å². The molecule has 3 N–H and O–H groups in total. The maximum atomic E-state index is 12.5. The number of nitrogens with one attached hydrogen (secondary N) is 1. The molecule has 0 bridgehead atoms. The Morgan fingerprint density at radius 1 is 1.40 bits per heavy atom. The van der Waals surface area contributed by atoms with Crippen molar-refractivity contribution in [3.63, 3.8) is 0 Å². The van der Waals surface area contributed by atoms with Gasteiger partial charge in [-0.1, -0.05) is 0 Å². The minimum atomic E-state index is -0.232. The molecule has 0 aromatic carbocycles. The highest BCUT2D eigenvalue weighted by atomic mass is 32.1. The summed E-state index contributed by atoms with van der Waals surface area (Å²) in [6.45, 7) is 1.19. The maximum Gasteiger partial charge on any atom is 0.266 e. The van der Waals surface area contributed by atoms with Crippen LogP contribution in [0.2, 0.25) is 0 Å². The maximum absolute atomic E-state index is 12.5. The second-order valence-corrected chi connectivity index (χ2v) is 5.48. The third kappa shape index (κ3) is 2.18. The number of anilines is 1. The molecule has 1 fully saturated rings. The standard InChI is InChI=1S/C12H13N5O2S/c13-8-9-11(16-4-3-15-9)20-10(8)12(19)17-5-1-2-14-7(18)6-17/h3-4H,1-2,5-6,13H2,(H,14,18). The molecule has 7 nitrogen and oxygen atoms in total. The Hall–Kier alpha value is -2.22. The first kappa shape index (κ1) is 12.8. The first-order valence-corrected chi connectivity index (χ1v) is 7.03. The zero-order valence-corrected chi connectivity index (χ0v) is 11.4. The molecule has 3 rings (SSSR count). The van der Waals surface area contributed by atoms with Crippen LogP contribution in [0.15, 0.2) is 12.4 Å². The number of carbonyl (C=O) groups is 2. The van der Waals surface area contributed by atoms with Gasteiger partial charge in [0.25, 0.3) is 5.91 Å². The van der Waals surface area contributed by atoms with Gasteiger partial charge in [0.1, 0.15) is 15.2 Å². The molecule has 1 aliphatic rings. The molecule has 104 valence electrons. The summed E-state index contributed by atoms with van der Waals surface area (Å²) in [5.41, 5.74) is 6.86. The van der Waals surface area contributed by atoms with Gasteiger partial charge in [-0.2, -0.15) is 0 Å². The minimum Gasteiger partial charge on any atom is -0.396 e. The fourth-order valence-electron chi connectivity index (χ4n) is 2.13. The first-order valence-electron chi connectivity index (χ1n) is 6.22. The number of hydrogen-bond donors (Lipinski definition) is 2. The topological polar surface area (TPSA) is 101 Å². The zero-order valence-electron chi connectivity index (χ0n) is 10.6. The van der Waals surface area contributed by atoms with Crippen LogP contribution in [0.1, 0.15) is 16.1 Å². The lowest BCUT2D eigenvalue weighted by atomic mass is 10.3. The SMILES string of the molecule is Nc1c(C(=O)N2CCCNC(=O)C2)sc2nccnc12. The van der Waals surface area contributed by atoms with Crippen molar-refractivity contribution in [2.24, 2.45) is 0 Å². The lowest BCUT2D eigenvalue weighted by Crippen LogP contribution is -2.37. The molecule has 0 atom stereocenters. The number of thiophene rings is 1. The van der Waals surface area contributed by atoms with Crippen LogP contribution in [0, 0.1) is 0 Å². The van der Waals surface area contributed by atoms with E-state index in [9.17, 15) is 9.59 Å². The number of nitrogens with zero attached hydrogens (tertiary/aromatic N) is 3. The van der Waals surface area contributed by atoms with Crippen LogP contribution in [0.3, 0.4) is 0 Å². The smallest absolute Gasteiger partial charge is 0.266 e. The molecule has 2 amide bonds. The third-order valence-corrected chi connectivity index (χ3v) is 4.20. The molecular weight excluding hydrogens is 278 g/mol. The summed E-state index contributed by atoms with van der Waals surface area (Å²) in [6.07, 6.45) is 3.84. The number of amides is 2. The van der Waals surface area contributed by atoms with Gasteiger partial charge in [-0.15, -0.1) is 11.3 Å². The molecule has 20 heavy (non-hydrogen) atoms. The number of hydrogen-bond acceptors (Lipinski definition) is 6. The predicted molar refractivity (Wildman–Crippen MR) is 75.4 cm³/mol. The summed E-state index contributed by atoms with van der Waals surface area (Å²) >= 11 is 1.21. The van der Waals surface area contributed by atoms with Gasteiger partial charge in [-0.05, 0) is 6.42 Å². The molecule has 3 heterocycles. The van der Waals surface area contributed by atoms with E-state index in [0.717, 1.165) is 6.42 Å². The quantitative estimate of drug-likeness (QED) is 0.783. The van der Waals surface area contributed by atoms with Gasteiger partial charge in [-0.3, -0.25) is 9.59 Å². The van der Waals surface area contributed by atoms with Crippen molar-refractivity contribution in [2.45, 2.75) is 6.42 Å². The van der Waals surface area contributed by atoms with Crippen LogP contribution in [0.5, 0.6) is 0 Å². The number of nitrogens with two attached hydrogens (primary N) is 1. The first-order chi connectivity index (χ1) is 9.66. The zero-order chi connectivity index (χ0) is 14.1. The number of fused-ring (bicyclic) bond motifs is 1. The van der Waals surface area contributed by atoms with E-state index in [1.165, 1.54) is 16.2 Å². The predicted octanol–water partition coefficient (Wildman–Crippen LogP) is 0.236. The van der Waals surface area contributed by atoms with E-state index < -0.39 is 0 Å². The molecule has 0 saturated carbocycles. The van der Waals surface area contributed by atoms with E-state index in [0.29, 0.717) is 34.0 Å². The average Bonchev–Trinajstić information content (AvgIpc) is 2.64. The highest BCUT2D eigenvalue weighted by molar-refractivity contribution is 7.21. The highest BCUT2D eigenvalue weighted by Gasteiger charge is 2.25. The summed E-state index contributed by atoms with van der Waals surface area (Å²) in [5, 5.41) is 2.74. The molecule has 1 saturated heterocycles. The second kappa shape index (κ2) is 5.04. The van der Waals surface area contributed by atoms with Gasteiger partial charge < -0.3 is 16.0 Å². The number of carbonyl (C=O) groups excluding carboxylic acids is 2. The summed E-state index contributed by atoms with van der Waals surface area (Å²) in [6, 6.07) is 0. The van der Waals surface area contributed by atoms with E-state index in [4.69, 9.17) is 5.73 Å². The Kier molecular flexibility index (Phi) is 3.23. The van der Waals surface area contributed by atoms with Crippen LogP contribution in [-0.2, 0) is 4.79 Å². The van der Waals surface area contributed by atoms with Crippen molar-refractivity contribution >= 4 is 39.2 Å². The van der Waals surface area contributed by atoms with E-state index in [-0.39, 0.29) is 18.4 Å². The summed E-state index contributed by atoms with van der Waals surface area (Å²) in [7, 11) is 0. The fraction of sp³-hybridized carbons (Fsp3) is 0.333. The average molecular weight is 291 g/mol. The Labute approximate surface area is 118 Å². The number of rotatable bonds is 1. The fourth-order valence-corrected chi connectivity index (χ4v) is 3.12. The van der Waals surface area contributed by atoms with Crippen molar-refractivity contribution in [3.8, 4) is 0 Å². The van der Waals surface area contributed by atoms with Gasteiger partial charge in [0, 0.05) is 25.5 Å². The summed E-state index contributed by atoms with van der Waals surface area (Å²) in [5.74, 6) is -0.379. The Balaban J connectivity index is 1.95. The summed E-state index contributed by atoms with van der Waals surface area (Å²) < 4.78 is 0. The van der Waals surface area contributed by atoms with Crippen molar-refractivity contribution in [3.05, 3.63) is 17.3 Å². The molecule has 0 aliphatic carbocycles. The van der Waals surface area contributed by atoms with Crippen molar-refractivity contribution in [1.29, 1.82) is 0 Å². The van der Waals surface area contributed by atoms with Crippen LogP contribution in [-0.4, -0.2) is 46.3 Å². The molecule has 8 heteroatoms. The van der Waals surface area contributed by atoms with E-state index >= 15 is 0 Å². The van der Waals surface area contributed by atoms with Crippen LogP contribution >= 0.6 is 11.3 Å². The van der Waals surface area contributed by atoms with E-state index in [2.05, 4.69) is 15.3 Å². The minimum absolute atomic E-state index is 0.0629. The van der Waals surface area contributed by atoms with Gasteiger partial charge in [0.2, 0.25) is 5.91 Å². The van der Waals surface area contributed by atoms with Crippen LogP contribution < -0.4 is 11.1 Å². The Morgan fingerprint density at radius 3 is 3.00 bits per heavy atom. The highest BCUT2D eigenvalue weighted by Crippen LogP contribution is 2.31. The van der Waals surface area contributed by atoms with Crippen molar-refractivity contribution in [2.75, 3.05) is 25.4 Å².